The lowest BCUT2D eigenvalue weighted by Gasteiger charge is -2.04. The van der Waals surface area contributed by atoms with Gasteiger partial charge in [-0.1, -0.05) is 27.5 Å². The van der Waals surface area contributed by atoms with Crippen molar-refractivity contribution < 1.29 is 14.3 Å². The molecular weight excluding hydrogens is 380 g/mol. The maximum Gasteiger partial charge on any atom is 0.357 e. The molecule has 8 heteroatoms. The van der Waals surface area contributed by atoms with Gasteiger partial charge in [-0.3, -0.25) is 10.1 Å². The van der Waals surface area contributed by atoms with Gasteiger partial charge >= 0.3 is 5.97 Å². The summed E-state index contributed by atoms with van der Waals surface area (Å²) in [6.07, 6.45) is 0. The molecule has 0 saturated carbocycles. The van der Waals surface area contributed by atoms with Gasteiger partial charge in [0.2, 0.25) is 0 Å². The molecule has 0 bridgehead atoms. The minimum Gasteiger partial charge on any atom is -0.461 e. The Morgan fingerprint density at radius 2 is 2.24 bits per heavy atom. The lowest BCUT2D eigenvalue weighted by molar-refractivity contribution is 0.0520. The summed E-state index contributed by atoms with van der Waals surface area (Å²) in [4.78, 5) is 27.6. The quantitative estimate of drug-likeness (QED) is 0.803. The van der Waals surface area contributed by atoms with Crippen molar-refractivity contribution in [2.75, 3.05) is 11.9 Å². The van der Waals surface area contributed by atoms with Crippen molar-refractivity contribution >= 4 is 55.9 Å². The first-order valence-electron chi connectivity index (χ1n) is 5.90. The first-order chi connectivity index (χ1) is 10.0. The highest BCUT2D eigenvalue weighted by atomic mass is 79.9. The molecule has 1 aromatic heterocycles. The molecule has 2 aromatic rings. The molecule has 5 nitrogen and oxygen atoms in total. The number of esters is 1. The molecular formula is C13H10BrClN2O3S. The average molecular weight is 390 g/mol. The summed E-state index contributed by atoms with van der Waals surface area (Å²) in [5.74, 6) is -0.916. The van der Waals surface area contributed by atoms with Gasteiger partial charge in [0.15, 0.2) is 10.8 Å². The summed E-state index contributed by atoms with van der Waals surface area (Å²) in [6.45, 7) is 1.98. The van der Waals surface area contributed by atoms with Gasteiger partial charge in [0.25, 0.3) is 5.91 Å². The number of rotatable bonds is 4. The van der Waals surface area contributed by atoms with Crippen LogP contribution < -0.4 is 5.32 Å². The number of halogens is 2. The molecule has 0 aliphatic rings. The lowest BCUT2D eigenvalue weighted by Crippen LogP contribution is -2.13. The van der Waals surface area contributed by atoms with E-state index in [4.69, 9.17) is 16.3 Å². The highest BCUT2D eigenvalue weighted by Gasteiger charge is 2.15. The second-order valence-corrected chi connectivity index (χ2v) is 6.02. The zero-order valence-electron chi connectivity index (χ0n) is 10.9. The van der Waals surface area contributed by atoms with E-state index in [1.807, 2.05) is 0 Å². The minimum absolute atomic E-state index is 0.164. The van der Waals surface area contributed by atoms with Crippen LogP contribution in [-0.4, -0.2) is 23.5 Å². The molecule has 2 rings (SSSR count). The van der Waals surface area contributed by atoms with Gasteiger partial charge in [-0.2, -0.15) is 0 Å². The van der Waals surface area contributed by atoms with Gasteiger partial charge in [0.05, 0.1) is 17.2 Å². The predicted molar refractivity (Wildman–Crippen MR) is 85.2 cm³/mol. The van der Waals surface area contributed by atoms with Gasteiger partial charge in [-0.05, 0) is 25.1 Å². The fourth-order valence-electron chi connectivity index (χ4n) is 1.47. The van der Waals surface area contributed by atoms with E-state index in [0.717, 1.165) is 15.8 Å². The number of carbonyl (C=O) groups is 2. The minimum atomic E-state index is -0.519. The number of carbonyl (C=O) groups excluding carboxylic acids is 2. The Balaban J connectivity index is 2.13. The summed E-state index contributed by atoms with van der Waals surface area (Å²) in [6, 6.07) is 4.96. The Hall–Kier alpha value is -1.44. The van der Waals surface area contributed by atoms with Crippen molar-refractivity contribution in [2.24, 2.45) is 0 Å². The maximum atomic E-state index is 12.1. The molecule has 0 saturated heterocycles. The Labute approximate surface area is 138 Å². The van der Waals surface area contributed by atoms with Gasteiger partial charge in [-0.15, -0.1) is 11.3 Å². The number of hydrogen-bond donors (Lipinski definition) is 1. The molecule has 1 aromatic carbocycles. The van der Waals surface area contributed by atoms with Crippen LogP contribution >= 0.6 is 38.9 Å². The lowest BCUT2D eigenvalue weighted by atomic mass is 10.2. The number of amides is 1. The third kappa shape index (κ3) is 4.03. The molecule has 110 valence electrons. The van der Waals surface area contributed by atoms with Crippen molar-refractivity contribution in [1.29, 1.82) is 0 Å². The molecule has 0 aliphatic heterocycles. The monoisotopic (exact) mass is 388 g/mol. The number of hydrogen-bond acceptors (Lipinski definition) is 5. The number of thiazole rings is 1. The fourth-order valence-corrected chi connectivity index (χ4v) is 2.71. The Bertz CT molecular complexity index is 690. The summed E-state index contributed by atoms with van der Waals surface area (Å²) in [7, 11) is 0. The van der Waals surface area contributed by atoms with Crippen LogP contribution in [0.3, 0.4) is 0 Å². The summed E-state index contributed by atoms with van der Waals surface area (Å²) in [5, 5.41) is 4.76. The number of nitrogens with zero attached hydrogens (tertiary/aromatic N) is 1. The fraction of sp³-hybridized carbons (Fsp3) is 0.154. The normalized spacial score (nSPS) is 10.2. The van der Waals surface area contributed by atoms with Crippen LogP contribution in [0, 0.1) is 0 Å². The molecule has 0 fully saturated rings. The molecule has 1 heterocycles. The van der Waals surface area contributed by atoms with Crippen LogP contribution in [0.15, 0.2) is 28.1 Å². The molecule has 0 radical (unpaired) electrons. The van der Waals surface area contributed by atoms with E-state index in [0.29, 0.717) is 15.7 Å². The van der Waals surface area contributed by atoms with Crippen molar-refractivity contribution in [3.8, 4) is 0 Å². The highest BCUT2D eigenvalue weighted by Crippen LogP contribution is 2.23. The second kappa shape index (κ2) is 7.02. The van der Waals surface area contributed by atoms with E-state index in [-0.39, 0.29) is 12.3 Å². The van der Waals surface area contributed by atoms with E-state index in [1.165, 1.54) is 5.38 Å². The van der Waals surface area contributed by atoms with Crippen LogP contribution in [0.5, 0.6) is 0 Å². The van der Waals surface area contributed by atoms with Gasteiger partial charge in [0, 0.05) is 9.85 Å². The van der Waals surface area contributed by atoms with E-state index in [9.17, 15) is 9.59 Å². The number of nitrogens with one attached hydrogen (secondary N) is 1. The third-order valence-corrected chi connectivity index (χ3v) is 3.96. The van der Waals surface area contributed by atoms with Crippen LogP contribution in [0.1, 0.15) is 27.8 Å². The van der Waals surface area contributed by atoms with Crippen LogP contribution in [-0.2, 0) is 4.74 Å². The maximum absolute atomic E-state index is 12.1. The molecule has 0 aliphatic carbocycles. The summed E-state index contributed by atoms with van der Waals surface area (Å²) < 4.78 is 5.57. The largest absolute Gasteiger partial charge is 0.461 e. The van der Waals surface area contributed by atoms with Crippen molar-refractivity contribution in [1.82, 2.24) is 4.98 Å². The summed E-state index contributed by atoms with van der Waals surface area (Å²) in [5.41, 5.74) is 0.483. The van der Waals surface area contributed by atoms with E-state index in [1.54, 1.807) is 25.1 Å². The molecule has 1 amide bonds. The molecule has 0 spiro atoms. The second-order valence-electron chi connectivity index (χ2n) is 3.84. The zero-order valence-corrected chi connectivity index (χ0v) is 14.0. The van der Waals surface area contributed by atoms with Crippen molar-refractivity contribution in [3.63, 3.8) is 0 Å². The van der Waals surface area contributed by atoms with Crippen molar-refractivity contribution in [3.05, 3.63) is 44.3 Å². The summed E-state index contributed by atoms with van der Waals surface area (Å²) >= 11 is 10.4. The standard InChI is InChI=1S/C13H10BrClN2O3S/c1-2-20-12(19)10-6-21-13(16-10)17-11(18)8-5-7(14)3-4-9(8)15/h3-6H,2H2,1H3,(H,16,17,18). The highest BCUT2D eigenvalue weighted by molar-refractivity contribution is 9.10. The first-order valence-corrected chi connectivity index (χ1v) is 7.95. The smallest absolute Gasteiger partial charge is 0.357 e. The predicted octanol–water partition coefficient (Wildman–Crippen LogP) is 3.99. The third-order valence-electron chi connectivity index (χ3n) is 2.38. The Morgan fingerprint density at radius 3 is 2.95 bits per heavy atom. The topological polar surface area (TPSA) is 68.3 Å². The number of ether oxygens (including phenoxy) is 1. The molecule has 1 N–H and O–H groups in total. The number of benzene rings is 1. The first kappa shape index (κ1) is 15.9. The van der Waals surface area contributed by atoms with Crippen LogP contribution in [0.4, 0.5) is 5.13 Å². The zero-order chi connectivity index (χ0) is 15.4. The Morgan fingerprint density at radius 1 is 1.48 bits per heavy atom. The van der Waals surface area contributed by atoms with E-state index in [2.05, 4.69) is 26.2 Å². The Kier molecular flexibility index (Phi) is 5.33. The van der Waals surface area contributed by atoms with E-state index < -0.39 is 11.9 Å². The van der Waals surface area contributed by atoms with Crippen LogP contribution in [0.25, 0.3) is 0 Å². The van der Waals surface area contributed by atoms with E-state index >= 15 is 0 Å². The van der Waals surface area contributed by atoms with Crippen LogP contribution in [0.2, 0.25) is 5.02 Å². The molecule has 0 atom stereocenters. The molecule has 0 unspecified atom stereocenters. The molecule has 21 heavy (non-hydrogen) atoms. The SMILES string of the molecule is CCOC(=O)c1csc(NC(=O)c2cc(Br)ccc2Cl)n1. The number of anilines is 1. The van der Waals surface area contributed by atoms with Gasteiger partial charge in [-0.25, -0.2) is 9.78 Å². The van der Waals surface area contributed by atoms with Crippen molar-refractivity contribution in [2.45, 2.75) is 6.92 Å². The van der Waals surface area contributed by atoms with Gasteiger partial charge < -0.3 is 4.74 Å². The average Bonchev–Trinajstić information content (AvgIpc) is 2.90. The number of aromatic nitrogens is 1. The van der Waals surface area contributed by atoms with Gasteiger partial charge in [0.1, 0.15) is 0 Å².